The van der Waals surface area contributed by atoms with Crippen LogP contribution < -0.4 is 5.32 Å². The van der Waals surface area contributed by atoms with Crippen LogP contribution in [0.5, 0.6) is 0 Å². The van der Waals surface area contributed by atoms with Crippen molar-refractivity contribution in [1.82, 2.24) is 9.62 Å². The Morgan fingerprint density at radius 1 is 1.37 bits per heavy atom. The maximum atomic E-state index is 12.2. The quantitative estimate of drug-likeness (QED) is 0.744. The topological polar surface area (TPSA) is 49.4 Å². The average molecular weight is 290 g/mol. The summed E-state index contributed by atoms with van der Waals surface area (Å²) in [4.78, 5) is 0. The lowest BCUT2D eigenvalue weighted by atomic mass is 9.99. The first-order valence-electron chi connectivity index (χ1n) is 7.64. The van der Waals surface area contributed by atoms with Gasteiger partial charge in [-0.1, -0.05) is 27.2 Å². The van der Waals surface area contributed by atoms with E-state index in [4.69, 9.17) is 0 Å². The molecule has 0 saturated carbocycles. The standard InChI is InChI=1S/C14H30N2O2S/c1-4-5-9-19(17,18)16-8-6-7-14(12-16)11-15-10-13(2)3/h13-15H,4-12H2,1-3H3. The molecule has 0 amide bonds. The monoisotopic (exact) mass is 290 g/mol. The minimum absolute atomic E-state index is 0.315. The number of nitrogens with one attached hydrogen (secondary N) is 1. The van der Waals surface area contributed by atoms with E-state index < -0.39 is 10.0 Å². The third-order valence-electron chi connectivity index (χ3n) is 3.62. The number of hydrogen-bond acceptors (Lipinski definition) is 3. The molecule has 1 saturated heterocycles. The van der Waals surface area contributed by atoms with Gasteiger partial charge in [-0.25, -0.2) is 12.7 Å². The molecule has 5 heteroatoms. The summed E-state index contributed by atoms with van der Waals surface area (Å²) in [5.41, 5.74) is 0. The molecule has 114 valence electrons. The van der Waals surface area contributed by atoms with Gasteiger partial charge in [-0.05, 0) is 44.2 Å². The molecule has 1 aliphatic rings. The van der Waals surface area contributed by atoms with E-state index >= 15 is 0 Å². The molecular weight excluding hydrogens is 260 g/mol. The second-order valence-corrected chi connectivity index (χ2v) is 8.18. The maximum absolute atomic E-state index is 12.2. The van der Waals surface area contributed by atoms with Gasteiger partial charge in [0.05, 0.1) is 5.75 Å². The highest BCUT2D eigenvalue weighted by Crippen LogP contribution is 2.19. The van der Waals surface area contributed by atoms with Crippen molar-refractivity contribution in [2.75, 3.05) is 31.9 Å². The summed E-state index contributed by atoms with van der Waals surface area (Å²) in [6.07, 6.45) is 3.85. The predicted molar refractivity (Wildman–Crippen MR) is 80.7 cm³/mol. The van der Waals surface area contributed by atoms with Crippen molar-refractivity contribution in [2.45, 2.75) is 46.5 Å². The van der Waals surface area contributed by atoms with Crippen LogP contribution in [-0.2, 0) is 10.0 Å². The van der Waals surface area contributed by atoms with Crippen LogP contribution in [0.1, 0.15) is 46.5 Å². The Hall–Kier alpha value is -0.130. The summed E-state index contributed by atoms with van der Waals surface area (Å²) >= 11 is 0. The van der Waals surface area contributed by atoms with Crippen molar-refractivity contribution < 1.29 is 8.42 Å². The lowest BCUT2D eigenvalue weighted by Crippen LogP contribution is -2.44. The minimum atomic E-state index is -3.01. The van der Waals surface area contributed by atoms with Crippen LogP contribution in [-0.4, -0.2) is 44.7 Å². The van der Waals surface area contributed by atoms with Crippen LogP contribution in [0, 0.1) is 11.8 Å². The van der Waals surface area contributed by atoms with E-state index in [1.807, 2.05) is 6.92 Å². The fourth-order valence-corrected chi connectivity index (χ4v) is 4.23. The molecule has 0 aromatic heterocycles. The Morgan fingerprint density at radius 3 is 2.74 bits per heavy atom. The number of unbranched alkanes of at least 4 members (excludes halogenated alkanes) is 1. The Bertz CT molecular complexity index is 341. The van der Waals surface area contributed by atoms with E-state index in [0.717, 1.165) is 38.8 Å². The Labute approximate surface area is 119 Å². The van der Waals surface area contributed by atoms with Crippen molar-refractivity contribution in [3.8, 4) is 0 Å². The van der Waals surface area contributed by atoms with E-state index in [1.165, 1.54) is 0 Å². The van der Waals surface area contributed by atoms with Gasteiger partial charge in [0.2, 0.25) is 10.0 Å². The van der Waals surface area contributed by atoms with Crippen molar-refractivity contribution in [3.05, 3.63) is 0 Å². The first kappa shape index (κ1) is 16.9. The zero-order chi connectivity index (χ0) is 14.3. The summed E-state index contributed by atoms with van der Waals surface area (Å²) in [6, 6.07) is 0. The van der Waals surface area contributed by atoms with Gasteiger partial charge in [0, 0.05) is 13.1 Å². The van der Waals surface area contributed by atoms with Crippen LogP contribution in [0.4, 0.5) is 0 Å². The molecule has 4 nitrogen and oxygen atoms in total. The summed E-state index contributed by atoms with van der Waals surface area (Å²) < 4.78 is 26.1. The van der Waals surface area contributed by atoms with Crippen LogP contribution in [0.15, 0.2) is 0 Å². The average Bonchev–Trinajstić information content (AvgIpc) is 2.36. The summed E-state index contributed by atoms with van der Waals surface area (Å²) in [5, 5.41) is 3.45. The Balaban J connectivity index is 2.41. The van der Waals surface area contributed by atoms with E-state index in [9.17, 15) is 8.42 Å². The highest BCUT2D eigenvalue weighted by molar-refractivity contribution is 7.89. The molecule has 0 aromatic rings. The zero-order valence-electron chi connectivity index (χ0n) is 12.7. The third-order valence-corrected chi connectivity index (χ3v) is 5.54. The van der Waals surface area contributed by atoms with Gasteiger partial charge >= 0.3 is 0 Å². The number of piperidine rings is 1. The van der Waals surface area contributed by atoms with E-state index in [-0.39, 0.29) is 0 Å². The van der Waals surface area contributed by atoms with Crippen molar-refractivity contribution in [1.29, 1.82) is 0 Å². The molecule has 0 radical (unpaired) electrons. The molecule has 1 atom stereocenters. The van der Waals surface area contributed by atoms with Gasteiger partial charge in [-0.2, -0.15) is 0 Å². The van der Waals surface area contributed by atoms with Gasteiger partial charge in [-0.3, -0.25) is 0 Å². The highest BCUT2D eigenvalue weighted by Gasteiger charge is 2.28. The lowest BCUT2D eigenvalue weighted by molar-refractivity contribution is 0.258. The van der Waals surface area contributed by atoms with Crippen LogP contribution in [0.2, 0.25) is 0 Å². The molecular formula is C14H30N2O2S. The SMILES string of the molecule is CCCCS(=O)(=O)N1CCCC(CNCC(C)C)C1. The molecule has 19 heavy (non-hydrogen) atoms. The first-order chi connectivity index (χ1) is 8.95. The Morgan fingerprint density at radius 2 is 2.11 bits per heavy atom. The van der Waals surface area contributed by atoms with E-state index in [0.29, 0.717) is 30.7 Å². The molecule has 1 unspecified atom stereocenters. The molecule has 1 aliphatic heterocycles. The van der Waals surface area contributed by atoms with Crippen LogP contribution in [0.25, 0.3) is 0 Å². The molecule has 1 N–H and O–H groups in total. The molecule has 1 rings (SSSR count). The number of hydrogen-bond donors (Lipinski definition) is 1. The summed E-state index contributed by atoms with van der Waals surface area (Å²) in [7, 11) is -3.01. The Kier molecular flexibility index (Phi) is 7.32. The normalized spacial score (nSPS) is 22.0. The fourth-order valence-electron chi connectivity index (χ4n) is 2.48. The second-order valence-electron chi connectivity index (χ2n) is 6.09. The largest absolute Gasteiger partial charge is 0.316 e. The van der Waals surface area contributed by atoms with Crippen LogP contribution >= 0.6 is 0 Å². The maximum Gasteiger partial charge on any atom is 0.214 e. The number of rotatable bonds is 8. The molecule has 1 fully saturated rings. The molecule has 0 aliphatic carbocycles. The van der Waals surface area contributed by atoms with E-state index in [1.54, 1.807) is 4.31 Å². The molecule has 0 aromatic carbocycles. The summed E-state index contributed by atoms with van der Waals surface area (Å²) in [6.45, 7) is 9.79. The van der Waals surface area contributed by atoms with Crippen molar-refractivity contribution in [2.24, 2.45) is 11.8 Å². The highest BCUT2D eigenvalue weighted by atomic mass is 32.2. The lowest BCUT2D eigenvalue weighted by Gasteiger charge is -2.32. The smallest absolute Gasteiger partial charge is 0.214 e. The van der Waals surface area contributed by atoms with Gasteiger partial charge < -0.3 is 5.32 Å². The zero-order valence-corrected chi connectivity index (χ0v) is 13.5. The van der Waals surface area contributed by atoms with Crippen molar-refractivity contribution >= 4 is 10.0 Å². The number of nitrogens with zero attached hydrogens (tertiary/aromatic N) is 1. The predicted octanol–water partition coefficient (Wildman–Crippen LogP) is 2.07. The van der Waals surface area contributed by atoms with Crippen LogP contribution in [0.3, 0.4) is 0 Å². The fraction of sp³-hybridized carbons (Fsp3) is 1.00. The first-order valence-corrected chi connectivity index (χ1v) is 9.25. The van der Waals surface area contributed by atoms with Gasteiger partial charge in [0.15, 0.2) is 0 Å². The molecule has 0 spiro atoms. The summed E-state index contributed by atoms with van der Waals surface area (Å²) in [5.74, 6) is 1.44. The van der Waals surface area contributed by atoms with Gasteiger partial charge in [0.1, 0.15) is 0 Å². The van der Waals surface area contributed by atoms with E-state index in [2.05, 4.69) is 19.2 Å². The van der Waals surface area contributed by atoms with Crippen molar-refractivity contribution in [3.63, 3.8) is 0 Å². The molecule has 0 bridgehead atoms. The minimum Gasteiger partial charge on any atom is -0.316 e. The second kappa shape index (κ2) is 8.22. The third kappa shape index (κ3) is 6.23. The number of sulfonamides is 1. The molecule has 1 heterocycles. The van der Waals surface area contributed by atoms with Gasteiger partial charge in [0.25, 0.3) is 0 Å². The van der Waals surface area contributed by atoms with Gasteiger partial charge in [-0.15, -0.1) is 0 Å².